The first-order valence-electron chi connectivity index (χ1n) is 8.39. The first-order valence-corrected chi connectivity index (χ1v) is 8.77. The van der Waals surface area contributed by atoms with E-state index in [2.05, 4.69) is 10.6 Å². The molecular formula is C20H21ClN2O3. The summed E-state index contributed by atoms with van der Waals surface area (Å²) in [5.74, 6) is -0.0728. The number of carbonyl (C=O) groups excluding carboxylic acids is 2. The minimum Gasteiger partial charge on any atom is -0.495 e. The predicted molar refractivity (Wildman–Crippen MR) is 103 cm³/mol. The van der Waals surface area contributed by atoms with Crippen molar-refractivity contribution in [2.24, 2.45) is 5.41 Å². The van der Waals surface area contributed by atoms with E-state index in [9.17, 15) is 9.59 Å². The molecule has 2 N–H and O–H groups in total. The Labute approximate surface area is 157 Å². The molecule has 1 aliphatic carbocycles. The van der Waals surface area contributed by atoms with E-state index in [1.165, 1.54) is 0 Å². The van der Waals surface area contributed by atoms with Gasteiger partial charge in [-0.25, -0.2) is 0 Å². The average molecular weight is 373 g/mol. The summed E-state index contributed by atoms with van der Waals surface area (Å²) in [4.78, 5) is 25.6. The van der Waals surface area contributed by atoms with Gasteiger partial charge < -0.3 is 15.4 Å². The van der Waals surface area contributed by atoms with E-state index in [1.807, 2.05) is 32.0 Å². The molecule has 0 saturated heterocycles. The number of ether oxygens (including phenoxy) is 1. The second-order valence-corrected chi connectivity index (χ2v) is 7.09. The van der Waals surface area contributed by atoms with Gasteiger partial charge in [0.2, 0.25) is 11.8 Å². The van der Waals surface area contributed by atoms with Gasteiger partial charge in [-0.1, -0.05) is 23.7 Å². The van der Waals surface area contributed by atoms with Gasteiger partial charge >= 0.3 is 0 Å². The molecule has 3 rings (SSSR count). The maximum Gasteiger partial charge on any atom is 0.240 e. The zero-order valence-electron chi connectivity index (χ0n) is 15.0. The van der Waals surface area contributed by atoms with Crippen molar-refractivity contribution in [1.29, 1.82) is 0 Å². The number of methoxy groups -OCH3 is 1. The number of amides is 2. The van der Waals surface area contributed by atoms with E-state index in [-0.39, 0.29) is 11.8 Å². The highest BCUT2D eigenvalue weighted by Gasteiger charge is 2.56. The third-order valence-electron chi connectivity index (χ3n) is 4.67. The standard InChI is InChI=1S/C20H21ClN2O3/c1-12-4-7-17(26-3)16(10-12)23-19(25)20(8-9-20)18(24)22-15-11-14(21)6-5-13(15)2/h4-7,10-11H,8-9H2,1-3H3,(H,22,24)(H,23,25). The molecule has 6 heteroatoms. The fraction of sp³-hybridized carbons (Fsp3) is 0.300. The zero-order valence-corrected chi connectivity index (χ0v) is 15.7. The largest absolute Gasteiger partial charge is 0.495 e. The minimum absolute atomic E-state index is 0.313. The lowest BCUT2D eigenvalue weighted by molar-refractivity contribution is -0.131. The van der Waals surface area contributed by atoms with Crippen molar-refractivity contribution in [3.63, 3.8) is 0 Å². The van der Waals surface area contributed by atoms with Gasteiger partial charge in [0, 0.05) is 10.7 Å². The van der Waals surface area contributed by atoms with Crippen molar-refractivity contribution in [2.45, 2.75) is 26.7 Å². The quantitative estimate of drug-likeness (QED) is 0.768. The van der Waals surface area contributed by atoms with Crippen LogP contribution in [0.3, 0.4) is 0 Å². The number of hydrogen-bond donors (Lipinski definition) is 2. The highest BCUT2D eigenvalue weighted by Crippen LogP contribution is 2.48. The fourth-order valence-electron chi connectivity index (χ4n) is 2.81. The maximum atomic E-state index is 12.8. The number of anilines is 2. The molecule has 1 aliphatic rings. The van der Waals surface area contributed by atoms with Gasteiger partial charge in [-0.3, -0.25) is 9.59 Å². The van der Waals surface area contributed by atoms with E-state index in [1.54, 1.807) is 25.3 Å². The lowest BCUT2D eigenvalue weighted by Crippen LogP contribution is -2.35. The summed E-state index contributed by atoms with van der Waals surface area (Å²) in [6, 6.07) is 10.8. The Balaban J connectivity index is 1.78. The summed E-state index contributed by atoms with van der Waals surface area (Å²) in [5, 5.41) is 6.22. The highest BCUT2D eigenvalue weighted by atomic mass is 35.5. The fourth-order valence-corrected chi connectivity index (χ4v) is 2.99. The van der Waals surface area contributed by atoms with Gasteiger partial charge in [-0.05, 0) is 62.1 Å². The molecule has 26 heavy (non-hydrogen) atoms. The molecule has 2 aromatic rings. The van der Waals surface area contributed by atoms with Crippen LogP contribution in [0.1, 0.15) is 24.0 Å². The topological polar surface area (TPSA) is 67.4 Å². The van der Waals surface area contributed by atoms with Gasteiger partial charge in [0.25, 0.3) is 0 Å². The van der Waals surface area contributed by atoms with Crippen molar-refractivity contribution in [3.05, 3.63) is 52.5 Å². The molecule has 136 valence electrons. The minimum atomic E-state index is -1.05. The molecule has 0 aromatic heterocycles. The molecule has 5 nitrogen and oxygen atoms in total. The third kappa shape index (κ3) is 3.53. The van der Waals surface area contributed by atoms with E-state index < -0.39 is 5.41 Å². The molecule has 0 bridgehead atoms. The Morgan fingerprint density at radius 3 is 2.27 bits per heavy atom. The van der Waals surface area contributed by atoms with E-state index in [4.69, 9.17) is 16.3 Å². The first kappa shape index (κ1) is 18.3. The second kappa shape index (κ2) is 7.00. The molecule has 0 aliphatic heterocycles. The van der Waals surface area contributed by atoms with Crippen LogP contribution in [0.4, 0.5) is 11.4 Å². The average Bonchev–Trinajstić information content (AvgIpc) is 3.40. The van der Waals surface area contributed by atoms with Crippen LogP contribution in [0.5, 0.6) is 5.75 Å². The van der Waals surface area contributed by atoms with Crippen LogP contribution >= 0.6 is 11.6 Å². The lowest BCUT2D eigenvalue weighted by Gasteiger charge is -2.18. The van der Waals surface area contributed by atoms with E-state index in [0.29, 0.717) is 35.0 Å². The summed E-state index contributed by atoms with van der Waals surface area (Å²) in [7, 11) is 1.54. The van der Waals surface area contributed by atoms with Crippen molar-refractivity contribution in [1.82, 2.24) is 0 Å². The first-order chi connectivity index (χ1) is 12.4. The number of rotatable bonds is 5. The van der Waals surface area contributed by atoms with Gasteiger partial charge in [-0.2, -0.15) is 0 Å². The molecule has 0 unspecified atom stereocenters. The zero-order chi connectivity index (χ0) is 18.9. The van der Waals surface area contributed by atoms with Crippen LogP contribution in [0, 0.1) is 19.3 Å². The van der Waals surface area contributed by atoms with Crippen LogP contribution in [0.25, 0.3) is 0 Å². The summed E-state index contributed by atoms with van der Waals surface area (Å²) < 4.78 is 5.29. The molecule has 0 radical (unpaired) electrons. The maximum absolute atomic E-state index is 12.8. The van der Waals surface area contributed by atoms with Crippen molar-refractivity contribution < 1.29 is 14.3 Å². The van der Waals surface area contributed by atoms with Crippen LogP contribution in [0.2, 0.25) is 5.02 Å². The number of aryl methyl sites for hydroxylation is 2. The SMILES string of the molecule is COc1ccc(C)cc1NC(=O)C1(C(=O)Nc2cc(Cl)ccc2C)CC1. The molecule has 1 fully saturated rings. The van der Waals surface area contributed by atoms with Gasteiger partial charge in [-0.15, -0.1) is 0 Å². The number of hydrogen-bond acceptors (Lipinski definition) is 3. The Morgan fingerprint density at radius 1 is 1.00 bits per heavy atom. The highest BCUT2D eigenvalue weighted by molar-refractivity contribution is 6.31. The number of benzene rings is 2. The monoisotopic (exact) mass is 372 g/mol. The molecule has 0 atom stereocenters. The Morgan fingerprint density at radius 2 is 1.65 bits per heavy atom. The van der Waals surface area contributed by atoms with Crippen molar-refractivity contribution in [2.75, 3.05) is 17.7 Å². The van der Waals surface area contributed by atoms with Crippen LogP contribution < -0.4 is 15.4 Å². The third-order valence-corrected chi connectivity index (χ3v) is 4.91. The molecule has 1 saturated carbocycles. The Kier molecular flexibility index (Phi) is 4.92. The smallest absolute Gasteiger partial charge is 0.240 e. The van der Waals surface area contributed by atoms with E-state index in [0.717, 1.165) is 11.1 Å². The van der Waals surface area contributed by atoms with Crippen LogP contribution in [0.15, 0.2) is 36.4 Å². The molecule has 2 amide bonds. The molecular weight excluding hydrogens is 352 g/mol. The number of halogens is 1. The summed E-state index contributed by atoms with van der Waals surface area (Å²) in [5.41, 5.74) is 2.01. The summed E-state index contributed by atoms with van der Waals surface area (Å²) >= 11 is 6.00. The molecule has 2 aromatic carbocycles. The van der Waals surface area contributed by atoms with Gasteiger partial charge in [0.05, 0.1) is 12.8 Å². The Hall–Kier alpha value is -2.53. The van der Waals surface area contributed by atoms with Crippen molar-refractivity contribution in [3.8, 4) is 5.75 Å². The van der Waals surface area contributed by atoms with Gasteiger partial charge in [0.15, 0.2) is 0 Å². The Bertz CT molecular complexity index is 875. The number of nitrogens with one attached hydrogen (secondary N) is 2. The van der Waals surface area contributed by atoms with Crippen LogP contribution in [-0.4, -0.2) is 18.9 Å². The normalized spacial score (nSPS) is 14.5. The number of carbonyl (C=O) groups is 2. The predicted octanol–water partition coefficient (Wildman–Crippen LogP) is 4.32. The molecule has 0 heterocycles. The summed E-state index contributed by atoms with van der Waals surface area (Å²) in [6.45, 7) is 3.81. The van der Waals surface area contributed by atoms with E-state index >= 15 is 0 Å². The van der Waals surface area contributed by atoms with Crippen LogP contribution in [-0.2, 0) is 9.59 Å². The summed E-state index contributed by atoms with van der Waals surface area (Å²) in [6.07, 6.45) is 1.02. The second-order valence-electron chi connectivity index (χ2n) is 6.65. The lowest BCUT2D eigenvalue weighted by atomic mass is 10.0. The van der Waals surface area contributed by atoms with Gasteiger partial charge in [0.1, 0.15) is 11.2 Å². The van der Waals surface area contributed by atoms with Crippen molar-refractivity contribution >= 4 is 34.8 Å². The molecule has 0 spiro atoms.